The molecule has 1 aromatic rings. The number of hydrogen-bond donors (Lipinski definition) is 1. The van der Waals surface area contributed by atoms with Gasteiger partial charge in [0.2, 0.25) is 5.75 Å². The van der Waals surface area contributed by atoms with Crippen LogP contribution in [0.1, 0.15) is 42.5 Å². The van der Waals surface area contributed by atoms with Crippen LogP contribution >= 0.6 is 0 Å². The normalized spacial score (nSPS) is 26.0. The van der Waals surface area contributed by atoms with Crippen LogP contribution in [0.4, 0.5) is 0 Å². The minimum Gasteiger partial charge on any atom is -0.502 e. The van der Waals surface area contributed by atoms with Gasteiger partial charge in [-0.25, -0.2) is 0 Å². The summed E-state index contributed by atoms with van der Waals surface area (Å²) in [7, 11) is 4.69. The molecule has 2 fully saturated rings. The van der Waals surface area contributed by atoms with Gasteiger partial charge >= 0.3 is 0 Å². The topological polar surface area (TPSA) is 68.2 Å². The number of likely N-dealkylation sites (tertiary alicyclic amines) is 1. The van der Waals surface area contributed by atoms with Gasteiger partial charge in [-0.3, -0.25) is 4.79 Å². The molecule has 0 radical (unpaired) electrons. The fourth-order valence-electron chi connectivity index (χ4n) is 4.47. The van der Waals surface area contributed by atoms with Gasteiger partial charge in [0.25, 0.3) is 5.91 Å². The van der Waals surface area contributed by atoms with Crippen molar-refractivity contribution in [2.24, 2.45) is 5.41 Å². The lowest BCUT2D eigenvalue weighted by Gasteiger charge is -2.43. The number of amides is 1. The summed E-state index contributed by atoms with van der Waals surface area (Å²) in [6.07, 6.45) is 5.65. The second-order valence-corrected chi connectivity index (χ2v) is 7.04. The molecule has 1 aromatic carbocycles. The Hall–Kier alpha value is -1.95. The minimum atomic E-state index is -0.0908. The second kappa shape index (κ2) is 7.12. The highest BCUT2D eigenvalue weighted by molar-refractivity contribution is 5.95. The number of ether oxygens (including phenoxy) is 3. The van der Waals surface area contributed by atoms with Crippen molar-refractivity contribution in [3.05, 3.63) is 17.7 Å². The van der Waals surface area contributed by atoms with Crippen molar-refractivity contribution in [2.75, 3.05) is 34.4 Å². The van der Waals surface area contributed by atoms with Gasteiger partial charge in [0.1, 0.15) is 0 Å². The van der Waals surface area contributed by atoms with Gasteiger partial charge in [0.15, 0.2) is 11.5 Å². The molecule has 0 aromatic heterocycles. The summed E-state index contributed by atoms with van der Waals surface area (Å²) in [5.41, 5.74) is 0.545. The summed E-state index contributed by atoms with van der Waals surface area (Å²) in [4.78, 5) is 15.0. The van der Waals surface area contributed by atoms with Crippen molar-refractivity contribution in [3.63, 3.8) is 0 Å². The second-order valence-electron chi connectivity index (χ2n) is 7.04. The van der Waals surface area contributed by atoms with Gasteiger partial charge in [0, 0.05) is 31.2 Å². The minimum absolute atomic E-state index is 0.0579. The molecule has 138 valence electrons. The lowest BCUT2D eigenvalue weighted by atomic mass is 9.76. The number of phenolic OH excluding ortho intramolecular Hbond substituents is 1. The van der Waals surface area contributed by atoms with Crippen molar-refractivity contribution < 1.29 is 24.1 Å². The molecular formula is C19H27NO5. The summed E-state index contributed by atoms with van der Waals surface area (Å²) in [5.74, 6) is 0.333. The average Bonchev–Trinajstić information content (AvgIpc) is 3.02. The monoisotopic (exact) mass is 349 g/mol. The fraction of sp³-hybridized carbons (Fsp3) is 0.632. The Bertz CT molecular complexity index is 622. The first-order chi connectivity index (χ1) is 12.0. The van der Waals surface area contributed by atoms with Crippen LogP contribution in [-0.4, -0.2) is 56.4 Å². The third-order valence-electron chi connectivity index (χ3n) is 5.73. The zero-order chi connectivity index (χ0) is 18.0. The number of piperidine rings is 1. The summed E-state index contributed by atoms with van der Waals surface area (Å²) in [6, 6.07) is 3.15. The molecule has 0 bridgehead atoms. The van der Waals surface area contributed by atoms with Gasteiger partial charge in [0.05, 0.1) is 20.3 Å². The Kier molecular flexibility index (Phi) is 5.08. The summed E-state index contributed by atoms with van der Waals surface area (Å²) < 4.78 is 16.1. The highest BCUT2D eigenvalue weighted by atomic mass is 16.5. The van der Waals surface area contributed by atoms with Crippen molar-refractivity contribution in [3.8, 4) is 17.2 Å². The van der Waals surface area contributed by atoms with E-state index in [1.165, 1.54) is 14.2 Å². The molecule has 1 amide bonds. The largest absolute Gasteiger partial charge is 0.502 e. The molecule has 1 saturated heterocycles. The maximum absolute atomic E-state index is 13.1. The van der Waals surface area contributed by atoms with Crippen LogP contribution in [0, 0.1) is 5.41 Å². The van der Waals surface area contributed by atoms with Gasteiger partial charge in [-0.05, 0) is 37.8 Å². The van der Waals surface area contributed by atoms with Crippen molar-refractivity contribution in [1.29, 1.82) is 0 Å². The first-order valence-electron chi connectivity index (χ1n) is 8.81. The van der Waals surface area contributed by atoms with E-state index in [2.05, 4.69) is 0 Å². The summed E-state index contributed by atoms with van der Waals surface area (Å²) >= 11 is 0. The van der Waals surface area contributed by atoms with Crippen LogP contribution in [0.5, 0.6) is 17.2 Å². The molecule has 25 heavy (non-hydrogen) atoms. The van der Waals surface area contributed by atoms with Gasteiger partial charge in [-0.2, -0.15) is 0 Å². The van der Waals surface area contributed by atoms with Crippen LogP contribution in [0.15, 0.2) is 12.1 Å². The van der Waals surface area contributed by atoms with E-state index >= 15 is 0 Å². The Labute approximate surface area is 148 Å². The fourth-order valence-corrected chi connectivity index (χ4v) is 4.47. The van der Waals surface area contributed by atoms with Crippen LogP contribution < -0.4 is 9.47 Å². The molecule has 1 aliphatic heterocycles. The molecule has 1 heterocycles. The van der Waals surface area contributed by atoms with E-state index in [4.69, 9.17) is 14.2 Å². The van der Waals surface area contributed by atoms with Gasteiger partial charge in [-0.15, -0.1) is 0 Å². The van der Waals surface area contributed by atoms with E-state index in [0.29, 0.717) is 5.56 Å². The Morgan fingerprint density at radius 2 is 1.80 bits per heavy atom. The first-order valence-corrected chi connectivity index (χ1v) is 8.81. The molecule has 1 N–H and O–H groups in total. The SMILES string of the molecule is COc1cc(C(=O)N2CCC[C@]3(CCC[C@H]3OC)C2)cc(OC)c1O. The molecule has 2 atom stereocenters. The highest BCUT2D eigenvalue weighted by Crippen LogP contribution is 2.47. The number of hydrogen-bond acceptors (Lipinski definition) is 5. The number of carbonyl (C=O) groups is 1. The Balaban J connectivity index is 1.86. The highest BCUT2D eigenvalue weighted by Gasteiger charge is 2.46. The van der Waals surface area contributed by atoms with Crippen LogP contribution in [-0.2, 0) is 4.74 Å². The number of methoxy groups -OCH3 is 3. The maximum atomic E-state index is 13.1. The molecular weight excluding hydrogens is 322 g/mol. The van der Waals surface area contributed by atoms with Gasteiger partial charge < -0.3 is 24.2 Å². The number of benzene rings is 1. The van der Waals surface area contributed by atoms with Crippen LogP contribution in [0.25, 0.3) is 0 Å². The van der Waals surface area contributed by atoms with Crippen molar-refractivity contribution in [1.82, 2.24) is 4.90 Å². The predicted octanol–water partition coefficient (Wildman–Crippen LogP) is 2.83. The van der Waals surface area contributed by atoms with E-state index in [0.717, 1.165) is 45.2 Å². The Morgan fingerprint density at radius 3 is 2.40 bits per heavy atom. The molecule has 1 saturated carbocycles. The predicted molar refractivity (Wildman–Crippen MR) is 93.4 cm³/mol. The van der Waals surface area contributed by atoms with Crippen LogP contribution in [0.2, 0.25) is 0 Å². The lowest BCUT2D eigenvalue weighted by Crippen LogP contribution is -2.49. The molecule has 1 aliphatic carbocycles. The van der Waals surface area contributed by atoms with E-state index < -0.39 is 0 Å². The van der Waals surface area contributed by atoms with E-state index in [1.807, 2.05) is 4.90 Å². The average molecular weight is 349 g/mol. The Morgan fingerprint density at radius 1 is 1.16 bits per heavy atom. The smallest absolute Gasteiger partial charge is 0.254 e. The summed E-state index contributed by atoms with van der Waals surface area (Å²) in [6.45, 7) is 1.46. The third kappa shape index (κ3) is 3.15. The molecule has 0 unspecified atom stereocenters. The first kappa shape index (κ1) is 17.9. The van der Waals surface area contributed by atoms with E-state index in [-0.39, 0.29) is 34.7 Å². The van der Waals surface area contributed by atoms with Crippen LogP contribution in [0.3, 0.4) is 0 Å². The standard InChI is InChI=1S/C19H27NO5/c1-23-14-10-13(11-15(24-2)17(14)21)18(22)20-9-5-8-19(12-20)7-4-6-16(19)25-3/h10-11,16,21H,4-9,12H2,1-3H3/t16-,19-/m1/s1. The van der Waals surface area contributed by atoms with Crippen molar-refractivity contribution in [2.45, 2.75) is 38.2 Å². The van der Waals surface area contributed by atoms with Crippen molar-refractivity contribution >= 4 is 5.91 Å². The molecule has 1 spiro atoms. The quantitative estimate of drug-likeness (QED) is 0.905. The number of carbonyl (C=O) groups excluding carboxylic acids is 1. The molecule has 2 aliphatic rings. The number of phenols is 1. The third-order valence-corrected chi connectivity index (χ3v) is 5.73. The van der Waals surface area contributed by atoms with Gasteiger partial charge in [-0.1, -0.05) is 6.42 Å². The number of aromatic hydroxyl groups is 1. The van der Waals surface area contributed by atoms with E-state index in [9.17, 15) is 9.90 Å². The zero-order valence-corrected chi connectivity index (χ0v) is 15.2. The molecule has 3 rings (SSSR count). The summed E-state index contributed by atoms with van der Waals surface area (Å²) in [5, 5.41) is 10.0. The zero-order valence-electron chi connectivity index (χ0n) is 15.2. The molecule has 6 heteroatoms. The number of nitrogens with zero attached hydrogens (tertiary/aromatic N) is 1. The van der Waals surface area contributed by atoms with E-state index in [1.54, 1.807) is 19.2 Å². The lowest BCUT2D eigenvalue weighted by molar-refractivity contribution is -0.0295. The molecule has 6 nitrogen and oxygen atoms in total. The maximum Gasteiger partial charge on any atom is 0.254 e. The number of rotatable bonds is 4.